The van der Waals surface area contributed by atoms with Crippen molar-refractivity contribution in [2.24, 2.45) is 0 Å². The Bertz CT molecular complexity index is 271. The quantitative estimate of drug-likeness (QED) is 0.373. The zero-order valence-corrected chi connectivity index (χ0v) is 11.0. The molecule has 0 aromatic carbocycles. The number of hydrogen-bond donors (Lipinski definition) is 0. The van der Waals surface area contributed by atoms with Crippen molar-refractivity contribution in [1.82, 2.24) is 0 Å². The number of esters is 2. The highest BCUT2D eigenvalue weighted by atomic mass is 16.6. The lowest BCUT2D eigenvalue weighted by molar-refractivity contribution is -0.165. The molecule has 0 spiro atoms. The standard InChI is InChI=1S/C13H22O4/c1-5-7-8-9-11(13(15)16-6-2)17-12(14)10(3)4/h11H,3,5-9H2,1-2,4H3. The van der Waals surface area contributed by atoms with E-state index in [-0.39, 0.29) is 12.2 Å². The van der Waals surface area contributed by atoms with Gasteiger partial charge in [0.05, 0.1) is 6.61 Å². The minimum Gasteiger partial charge on any atom is -0.463 e. The molecule has 0 aliphatic rings. The highest BCUT2D eigenvalue weighted by Crippen LogP contribution is 2.10. The van der Waals surface area contributed by atoms with Gasteiger partial charge in [-0.15, -0.1) is 0 Å². The molecule has 0 N–H and O–H groups in total. The summed E-state index contributed by atoms with van der Waals surface area (Å²) in [6.45, 7) is 9.11. The molecule has 0 aliphatic heterocycles. The van der Waals surface area contributed by atoms with Crippen LogP contribution in [0.2, 0.25) is 0 Å². The molecule has 0 bridgehead atoms. The molecule has 0 heterocycles. The number of ether oxygens (including phenoxy) is 2. The van der Waals surface area contributed by atoms with Gasteiger partial charge in [-0.25, -0.2) is 9.59 Å². The van der Waals surface area contributed by atoms with Gasteiger partial charge in [0.15, 0.2) is 6.10 Å². The fourth-order valence-corrected chi connectivity index (χ4v) is 1.27. The van der Waals surface area contributed by atoms with Gasteiger partial charge in [0.2, 0.25) is 0 Å². The number of carbonyl (C=O) groups excluding carboxylic acids is 2. The third-order valence-corrected chi connectivity index (χ3v) is 2.22. The monoisotopic (exact) mass is 242 g/mol. The van der Waals surface area contributed by atoms with E-state index in [1.807, 2.05) is 0 Å². The Morgan fingerprint density at radius 2 is 1.88 bits per heavy atom. The largest absolute Gasteiger partial charge is 0.463 e. The molecule has 0 aromatic rings. The molecule has 1 unspecified atom stereocenters. The van der Waals surface area contributed by atoms with Gasteiger partial charge < -0.3 is 9.47 Å². The summed E-state index contributed by atoms with van der Waals surface area (Å²) in [4.78, 5) is 22.9. The van der Waals surface area contributed by atoms with Crippen molar-refractivity contribution < 1.29 is 19.1 Å². The summed E-state index contributed by atoms with van der Waals surface area (Å²) in [6.07, 6.45) is 2.59. The predicted molar refractivity (Wildman–Crippen MR) is 65.5 cm³/mol. The van der Waals surface area contributed by atoms with Crippen LogP contribution in [0.5, 0.6) is 0 Å². The van der Waals surface area contributed by atoms with Crippen molar-refractivity contribution in [2.75, 3.05) is 6.61 Å². The van der Waals surface area contributed by atoms with Crippen LogP contribution in [-0.2, 0) is 19.1 Å². The average Bonchev–Trinajstić information content (AvgIpc) is 2.27. The first kappa shape index (κ1) is 15.7. The van der Waals surface area contributed by atoms with Crippen molar-refractivity contribution >= 4 is 11.9 Å². The van der Waals surface area contributed by atoms with Crippen LogP contribution in [0.1, 0.15) is 46.5 Å². The molecular formula is C13H22O4. The highest BCUT2D eigenvalue weighted by Gasteiger charge is 2.23. The van der Waals surface area contributed by atoms with Crippen molar-refractivity contribution in [3.05, 3.63) is 12.2 Å². The van der Waals surface area contributed by atoms with Crippen LogP contribution in [0.3, 0.4) is 0 Å². The Kier molecular flexibility index (Phi) is 8.11. The van der Waals surface area contributed by atoms with E-state index >= 15 is 0 Å². The molecule has 98 valence electrons. The first-order chi connectivity index (χ1) is 8.02. The van der Waals surface area contributed by atoms with Gasteiger partial charge in [0.1, 0.15) is 0 Å². The normalized spacial score (nSPS) is 11.7. The maximum atomic E-state index is 11.6. The van der Waals surface area contributed by atoms with Gasteiger partial charge in [-0.3, -0.25) is 0 Å². The molecule has 0 rings (SSSR count). The van der Waals surface area contributed by atoms with Crippen LogP contribution in [-0.4, -0.2) is 24.6 Å². The van der Waals surface area contributed by atoms with Crippen molar-refractivity contribution in [3.63, 3.8) is 0 Å². The molecular weight excluding hydrogens is 220 g/mol. The zero-order valence-electron chi connectivity index (χ0n) is 11.0. The molecule has 0 saturated carbocycles. The van der Waals surface area contributed by atoms with Crippen LogP contribution in [0, 0.1) is 0 Å². The van der Waals surface area contributed by atoms with Crippen LogP contribution < -0.4 is 0 Å². The minimum absolute atomic E-state index is 0.285. The smallest absolute Gasteiger partial charge is 0.347 e. The van der Waals surface area contributed by atoms with Crippen LogP contribution in [0.25, 0.3) is 0 Å². The van der Waals surface area contributed by atoms with Crippen molar-refractivity contribution in [3.8, 4) is 0 Å². The SMILES string of the molecule is C=C(C)C(=O)OC(CCCCC)C(=O)OCC. The fraction of sp³-hybridized carbons (Fsp3) is 0.692. The molecule has 0 fully saturated rings. The third-order valence-electron chi connectivity index (χ3n) is 2.22. The molecule has 0 aromatic heterocycles. The van der Waals surface area contributed by atoms with E-state index in [2.05, 4.69) is 13.5 Å². The van der Waals surface area contributed by atoms with Gasteiger partial charge in [-0.1, -0.05) is 26.3 Å². The summed E-state index contributed by atoms with van der Waals surface area (Å²) >= 11 is 0. The summed E-state index contributed by atoms with van der Waals surface area (Å²) < 4.78 is 9.93. The number of unbranched alkanes of at least 4 members (excludes halogenated alkanes) is 2. The summed E-state index contributed by atoms with van der Waals surface area (Å²) in [5.74, 6) is -1.02. The second-order valence-corrected chi connectivity index (χ2v) is 3.92. The summed E-state index contributed by atoms with van der Waals surface area (Å²) in [5.41, 5.74) is 0.287. The lowest BCUT2D eigenvalue weighted by Gasteiger charge is -2.16. The molecule has 4 nitrogen and oxygen atoms in total. The molecule has 0 saturated heterocycles. The average molecular weight is 242 g/mol. The third kappa shape index (κ3) is 6.76. The Balaban J connectivity index is 4.33. The molecule has 0 amide bonds. The molecule has 17 heavy (non-hydrogen) atoms. The Labute approximate surface area is 103 Å². The van der Waals surface area contributed by atoms with E-state index < -0.39 is 18.0 Å². The minimum atomic E-state index is -0.800. The molecule has 0 radical (unpaired) electrons. The summed E-state index contributed by atoms with van der Waals surface area (Å²) in [6, 6.07) is 0. The van der Waals surface area contributed by atoms with Gasteiger partial charge >= 0.3 is 11.9 Å². The highest BCUT2D eigenvalue weighted by molar-refractivity contribution is 5.89. The summed E-state index contributed by atoms with van der Waals surface area (Å²) in [7, 11) is 0. The van der Waals surface area contributed by atoms with E-state index in [0.717, 1.165) is 19.3 Å². The van der Waals surface area contributed by atoms with Gasteiger partial charge in [0.25, 0.3) is 0 Å². The fourth-order valence-electron chi connectivity index (χ4n) is 1.27. The first-order valence-corrected chi connectivity index (χ1v) is 6.06. The second-order valence-electron chi connectivity index (χ2n) is 3.92. The lowest BCUT2D eigenvalue weighted by Crippen LogP contribution is -2.29. The van der Waals surface area contributed by atoms with Crippen LogP contribution in [0.15, 0.2) is 12.2 Å². The Hall–Kier alpha value is -1.32. The lowest BCUT2D eigenvalue weighted by atomic mass is 10.1. The second kappa shape index (κ2) is 8.79. The van der Waals surface area contributed by atoms with Crippen LogP contribution >= 0.6 is 0 Å². The van der Waals surface area contributed by atoms with Crippen molar-refractivity contribution in [1.29, 1.82) is 0 Å². The molecule has 1 atom stereocenters. The van der Waals surface area contributed by atoms with E-state index in [1.54, 1.807) is 13.8 Å². The maximum Gasteiger partial charge on any atom is 0.347 e. The van der Waals surface area contributed by atoms with Crippen molar-refractivity contribution in [2.45, 2.75) is 52.6 Å². The number of rotatable bonds is 8. The van der Waals surface area contributed by atoms with E-state index in [0.29, 0.717) is 6.42 Å². The van der Waals surface area contributed by atoms with E-state index in [9.17, 15) is 9.59 Å². The first-order valence-electron chi connectivity index (χ1n) is 6.06. The number of hydrogen-bond acceptors (Lipinski definition) is 4. The van der Waals surface area contributed by atoms with Gasteiger partial charge in [-0.2, -0.15) is 0 Å². The maximum absolute atomic E-state index is 11.6. The summed E-state index contributed by atoms with van der Waals surface area (Å²) in [5, 5.41) is 0. The topological polar surface area (TPSA) is 52.6 Å². The molecule has 4 heteroatoms. The van der Waals surface area contributed by atoms with E-state index in [1.165, 1.54) is 0 Å². The van der Waals surface area contributed by atoms with Gasteiger partial charge in [0, 0.05) is 5.57 Å². The zero-order chi connectivity index (χ0) is 13.3. The van der Waals surface area contributed by atoms with Crippen LogP contribution in [0.4, 0.5) is 0 Å². The van der Waals surface area contributed by atoms with Gasteiger partial charge in [-0.05, 0) is 26.7 Å². The Morgan fingerprint density at radius 3 is 2.35 bits per heavy atom. The predicted octanol–water partition coefficient (Wildman–Crippen LogP) is 2.62. The molecule has 0 aliphatic carbocycles. The Morgan fingerprint density at radius 1 is 1.24 bits per heavy atom. The number of carbonyl (C=O) groups is 2. The van der Waals surface area contributed by atoms with E-state index in [4.69, 9.17) is 9.47 Å².